The summed E-state index contributed by atoms with van der Waals surface area (Å²) in [6.07, 6.45) is 3.02. The summed E-state index contributed by atoms with van der Waals surface area (Å²) in [6.45, 7) is 5.13. The Morgan fingerprint density at radius 2 is 1.73 bits per heavy atom. The van der Waals surface area contributed by atoms with Gasteiger partial charge in [-0.2, -0.15) is 5.10 Å². The molecule has 1 fully saturated rings. The minimum absolute atomic E-state index is 0.0601. The summed E-state index contributed by atoms with van der Waals surface area (Å²) in [5, 5.41) is 4.80. The molecule has 1 saturated heterocycles. The summed E-state index contributed by atoms with van der Waals surface area (Å²) >= 11 is 0. The number of nitrogens with two attached hydrogens (primary N) is 1. The number of piperidine rings is 1. The van der Waals surface area contributed by atoms with Crippen molar-refractivity contribution in [3.05, 3.63) is 71.4 Å². The zero-order chi connectivity index (χ0) is 21.3. The van der Waals surface area contributed by atoms with Crippen molar-refractivity contribution in [2.45, 2.75) is 26.7 Å². The van der Waals surface area contributed by atoms with Crippen LogP contribution >= 0.6 is 0 Å². The molecule has 2 heterocycles. The SMILES string of the molecule is Cc1ccc(-c2nn(-c3ccccc3)cc2C(=O)N2CCC(C(N)=O)CC2)c(C)c1. The molecule has 0 saturated carbocycles. The fourth-order valence-corrected chi connectivity index (χ4v) is 4.06. The van der Waals surface area contributed by atoms with E-state index in [0.717, 1.165) is 16.8 Å². The van der Waals surface area contributed by atoms with Crippen molar-refractivity contribution in [2.24, 2.45) is 11.7 Å². The molecule has 2 amide bonds. The van der Waals surface area contributed by atoms with E-state index in [1.165, 1.54) is 5.56 Å². The van der Waals surface area contributed by atoms with E-state index < -0.39 is 0 Å². The Balaban J connectivity index is 1.73. The summed E-state index contributed by atoms with van der Waals surface area (Å²) in [6, 6.07) is 15.9. The van der Waals surface area contributed by atoms with Gasteiger partial charge in [0.15, 0.2) is 0 Å². The first-order valence-electron chi connectivity index (χ1n) is 10.3. The highest BCUT2D eigenvalue weighted by Gasteiger charge is 2.29. The number of hydrogen-bond acceptors (Lipinski definition) is 3. The number of hydrogen-bond donors (Lipinski definition) is 1. The first-order valence-corrected chi connectivity index (χ1v) is 10.3. The van der Waals surface area contributed by atoms with Gasteiger partial charge >= 0.3 is 0 Å². The van der Waals surface area contributed by atoms with E-state index >= 15 is 0 Å². The molecule has 154 valence electrons. The number of primary amides is 1. The molecule has 0 atom stereocenters. The molecule has 2 N–H and O–H groups in total. The van der Waals surface area contributed by atoms with Crippen LogP contribution < -0.4 is 5.73 Å². The fraction of sp³-hybridized carbons (Fsp3) is 0.292. The maximum Gasteiger partial charge on any atom is 0.257 e. The fourth-order valence-electron chi connectivity index (χ4n) is 4.06. The molecule has 2 aromatic carbocycles. The second-order valence-electron chi connectivity index (χ2n) is 7.96. The third kappa shape index (κ3) is 3.85. The molecule has 1 aliphatic rings. The van der Waals surface area contributed by atoms with Gasteiger partial charge in [-0.15, -0.1) is 0 Å². The highest BCUT2D eigenvalue weighted by Crippen LogP contribution is 2.29. The van der Waals surface area contributed by atoms with E-state index in [9.17, 15) is 9.59 Å². The molecule has 0 bridgehead atoms. The molecule has 0 spiro atoms. The highest BCUT2D eigenvalue weighted by atomic mass is 16.2. The molecule has 30 heavy (non-hydrogen) atoms. The van der Waals surface area contributed by atoms with Crippen molar-refractivity contribution >= 4 is 11.8 Å². The highest BCUT2D eigenvalue weighted by molar-refractivity contribution is 6.00. The molecule has 1 aliphatic heterocycles. The Morgan fingerprint density at radius 3 is 2.37 bits per heavy atom. The molecule has 6 heteroatoms. The third-order valence-electron chi connectivity index (χ3n) is 5.79. The standard InChI is InChI=1S/C24H26N4O2/c1-16-8-9-20(17(2)14-16)22-21(15-28(26-22)19-6-4-3-5-7-19)24(30)27-12-10-18(11-13-27)23(25)29/h3-9,14-15,18H,10-13H2,1-2H3,(H2,25,29). The number of aryl methyl sites for hydroxylation is 2. The van der Waals surface area contributed by atoms with Crippen LogP contribution in [0.25, 0.3) is 16.9 Å². The Labute approximate surface area is 176 Å². The van der Waals surface area contributed by atoms with Gasteiger partial charge in [-0.05, 0) is 44.4 Å². The molecule has 6 nitrogen and oxygen atoms in total. The number of benzene rings is 2. The van der Waals surface area contributed by atoms with Crippen molar-refractivity contribution in [1.82, 2.24) is 14.7 Å². The third-order valence-corrected chi connectivity index (χ3v) is 5.79. The van der Waals surface area contributed by atoms with Gasteiger partial charge in [0.05, 0.1) is 11.3 Å². The number of rotatable bonds is 4. The van der Waals surface area contributed by atoms with E-state index in [1.54, 1.807) is 9.58 Å². The molecule has 0 radical (unpaired) electrons. The molecular weight excluding hydrogens is 376 g/mol. The van der Waals surface area contributed by atoms with Crippen molar-refractivity contribution in [2.75, 3.05) is 13.1 Å². The monoisotopic (exact) mass is 402 g/mol. The molecule has 4 rings (SSSR count). The number of carbonyl (C=O) groups excluding carboxylic acids is 2. The Bertz CT molecular complexity index is 1080. The van der Waals surface area contributed by atoms with Crippen LogP contribution in [0.5, 0.6) is 0 Å². The Kier molecular flexibility index (Phi) is 5.40. The van der Waals surface area contributed by atoms with Crippen LogP contribution in [-0.2, 0) is 4.79 Å². The Hall–Kier alpha value is -3.41. The number of amides is 2. The van der Waals surface area contributed by atoms with E-state index in [2.05, 4.69) is 6.07 Å². The minimum Gasteiger partial charge on any atom is -0.369 e. The zero-order valence-corrected chi connectivity index (χ0v) is 17.3. The number of nitrogens with zero attached hydrogens (tertiary/aromatic N) is 3. The average molecular weight is 402 g/mol. The summed E-state index contributed by atoms with van der Waals surface area (Å²) in [4.78, 5) is 26.7. The van der Waals surface area contributed by atoms with Crippen LogP contribution in [0.15, 0.2) is 54.7 Å². The van der Waals surface area contributed by atoms with Crippen molar-refractivity contribution in [3.63, 3.8) is 0 Å². The maximum atomic E-state index is 13.4. The van der Waals surface area contributed by atoms with E-state index in [1.807, 2.05) is 62.5 Å². The molecule has 3 aromatic rings. The summed E-state index contributed by atoms with van der Waals surface area (Å²) < 4.78 is 1.76. The van der Waals surface area contributed by atoms with Gasteiger partial charge in [0, 0.05) is 30.8 Å². The van der Waals surface area contributed by atoms with Crippen molar-refractivity contribution in [3.8, 4) is 16.9 Å². The van der Waals surface area contributed by atoms with E-state index in [-0.39, 0.29) is 17.7 Å². The lowest BCUT2D eigenvalue weighted by molar-refractivity contribution is -0.123. The number of aromatic nitrogens is 2. The average Bonchev–Trinajstić information content (AvgIpc) is 3.19. The molecule has 0 aliphatic carbocycles. The lowest BCUT2D eigenvalue weighted by Gasteiger charge is -2.30. The molecular formula is C24H26N4O2. The van der Waals surface area contributed by atoms with Gasteiger partial charge in [-0.25, -0.2) is 4.68 Å². The largest absolute Gasteiger partial charge is 0.369 e. The van der Waals surface area contributed by atoms with Gasteiger partial charge in [0.25, 0.3) is 5.91 Å². The number of carbonyl (C=O) groups is 2. The van der Waals surface area contributed by atoms with Crippen LogP contribution in [0.3, 0.4) is 0 Å². The summed E-state index contributed by atoms with van der Waals surface area (Å²) in [7, 11) is 0. The van der Waals surface area contributed by atoms with Gasteiger partial charge in [0.2, 0.25) is 5.91 Å². The smallest absolute Gasteiger partial charge is 0.257 e. The topological polar surface area (TPSA) is 81.2 Å². The minimum atomic E-state index is -0.282. The first-order chi connectivity index (χ1) is 14.4. The van der Waals surface area contributed by atoms with Gasteiger partial charge in [0.1, 0.15) is 5.69 Å². The normalized spacial score (nSPS) is 14.7. The Morgan fingerprint density at radius 1 is 1.03 bits per heavy atom. The van der Waals surface area contributed by atoms with Crippen LogP contribution in [0.1, 0.15) is 34.3 Å². The van der Waals surface area contributed by atoms with E-state index in [4.69, 9.17) is 10.8 Å². The lowest BCUT2D eigenvalue weighted by Crippen LogP contribution is -2.41. The van der Waals surface area contributed by atoms with Crippen molar-refractivity contribution in [1.29, 1.82) is 0 Å². The number of para-hydroxylation sites is 1. The molecule has 1 aromatic heterocycles. The molecule has 0 unspecified atom stereocenters. The van der Waals surface area contributed by atoms with Crippen LogP contribution in [0.4, 0.5) is 0 Å². The first kappa shape index (κ1) is 19.9. The maximum absolute atomic E-state index is 13.4. The summed E-state index contributed by atoms with van der Waals surface area (Å²) in [5.41, 5.74) is 10.8. The van der Waals surface area contributed by atoms with Crippen LogP contribution in [0.2, 0.25) is 0 Å². The van der Waals surface area contributed by atoms with Gasteiger partial charge in [-0.1, -0.05) is 42.0 Å². The lowest BCUT2D eigenvalue weighted by atomic mass is 9.95. The second kappa shape index (κ2) is 8.14. The van der Waals surface area contributed by atoms with Crippen LogP contribution in [-0.4, -0.2) is 39.6 Å². The summed E-state index contributed by atoms with van der Waals surface area (Å²) in [5.74, 6) is -0.495. The van der Waals surface area contributed by atoms with Gasteiger partial charge in [-0.3, -0.25) is 9.59 Å². The second-order valence-corrected chi connectivity index (χ2v) is 7.96. The predicted octanol–water partition coefficient (Wildman–Crippen LogP) is 3.49. The quantitative estimate of drug-likeness (QED) is 0.725. The van der Waals surface area contributed by atoms with Crippen molar-refractivity contribution < 1.29 is 9.59 Å². The van der Waals surface area contributed by atoms with E-state index in [0.29, 0.717) is 37.2 Å². The number of likely N-dealkylation sites (tertiary alicyclic amines) is 1. The predicted molar refractivity (Wildman–Crippen MR) is 116 cm³/mol. The van der Waals surface area contributed by atoms with Crippen LogP contribution in [0, 0.1) is 19.8 Å². The zero-order valence-electron chi connectivity index (χ0n) is 17.3. The van der Waals surface area contributed by atoms with Gasteiger partial charge < -0.3 is 10.6 Å².